The largest absolute Gasteiger partial charge is 0.465 e. The summed E-state index contributed by atoms with van der Waals surface area (Å²) >= 11 is 5.78. The average molecular weight is 294 g/mol. The number of hydrogen-bond donors (Lipinski definition) is 1. The number of carbonyl (C=O) groups is 1. The van der Waals surface area contributed by atoms with Crippen LogP contribution in [0, 0.1) is 5.82 Å². The molecule has 104 valence electrons. The summed E-state index contributed by atoms with van der Waals surface area (Å²) < 4.78 is 18.4. The van der Waals surface area contributed by atoms with E-state index in [0.29, 0.717) is 17.1 Å². The van der Waals surface area contributed by atoms with Gasteiger partial charge in [-0.2, -0.15) is 0 Å². The quantitative estimate of drug-likeness (QED) is 0.870. The number of ether oxygens (including phenoxy) is 1. The number of carbonyl (C=O) groups excluding carboxylic acids is 1. The number of methoxy groups -OCH3 is 1. The summed E-state index contributed by atoms with van der Waals surface area (Å²) in [6.45, 7) is 0.314. The van der Waals surface area contributed by atoms with Crippen LogP contribution >= 0.6 is 11.6 Å². The first-order valence-electron chi connectivity index (χ1n) is 5.96. The van der Waals surface area contributed by atoms with Gasteiger partial charge in [-0.25, -0.2) is 9.18 Å². The van der Waals surface area contributed by atoms with Crippen molar-refractivity contribution in [2.75, 3.05) is 12.4 Å². The molecule has 0 spiro atoms. The van der Waals surface area contributed by atoms with Crippen molar-refractivity contribution in [2.24, 2.45) is 0 Å². The molecule has 0 radical (unpaired) electrons. The van der Waals surface area contributed by atoms with E-state index in [1.807, 2.05) is 12.1 Å². The van der Waals surface area contributed by atoms with Crippen molar-refractivity contribution in [1.29, 1.82) is 0 Å². The van der Waals surface area contributed by atoms with Gasteiger partial charge < -0.3 is 10.1 Å². The molecule has 2 aromatic rings. The van der Waals surface area contributed by atoms with E-state index < -0.39 is 11.8 Å². The Hall–Kier alpha value is -2.07. The third-order valence-electron chi connectivity index (χ3n) is 2.80. The van der Waals surface area contributed by atoms with Gasteiger partial charge in [0.1, 0.15) is 5.82 Å². The zero-order valence-electron chi connectivity index (χ0n) is 10.8. The predicted molar refractivity (Wildman–Crippen MR) is 76.5 cm³/mol. The Labute approximate surface area is 121 Å². The second kappa shape index (κ2) is 6.39. The van der Waals surface area contributed by atoms with Gasteiger partial charge in [0.05, 0.1) is 12.7 Å². The van der Waals surface area contributed by atoms with Gasteiger partial charge in [-0.05, 0) is 36.4 Å². The number of rotatable bonds is 4. The lowest BCUT2D eigenvalue weighted by Gasteiger charge is -2.08. The second-order valence-corrected chi connectivity index (χ2v) is 4.59. The lowest BCUT2D eigenvalue weighted by molar-refractivity contribution is 0.0600. The van der Waals surface area contributed by atoms with Crippen molar-refractivity contribution in [1.82, 2.24) is 0 Å². The van der Waals surface area contributed by atoms with Crippen molar-refractivity contribution in [3.05, 3.63) is 64.4 Å². The van der Waals surface area contributed by atoms with Crippen LogP contribution in [0.2, 0.25) is 5.02 Å². The molecule has 0 saturated heterocycles. The summed E-state index contributed by atoms with van der Waals surface area (Å²) in [6.07, 6.45) is 0. The molecule has 2 rings (SSSR count). The molecule has 0 atom stereocenters. The summed E-state index contributed by atoms with van der Waals surface area (Å²) in [6, 6.07) is 11.4. The smallest absolute Gasteiger partial charge is 0.337 e. The van der Waals surface area contributed by atoms with Gasteiger partial charge in [-0.3, -0.25) is 0 Å². The number of anilines is 1. The minimum absolute atomic E-state index is 0.195. The van der Waals surface area contributed by atoms with Crippen LogP contribution in [0.15, 0.2) is 42.5 Å². The summed E-state index contributed by atoms with van der Waals surface area (Å²) in [5, 5.41) is 3.72. The van der Waals surface area contributed by atoms with Crippen molar-refractivity contribution in [2.45, 2.75) is 6.54 Å². The minimum atomic E-state index is -0.555. The van der Waals surface area contributed by atoms with Crippen LogP contribution < -0.4 is 5.32 Å². The Balaban J connectivity index is 2.06. The summed E-state index contributed by atoms with van der Waals surface area (Å²) in [5.41, 5.74) is 1.50. The lowest BCUT2D eigenvalue weighted by Crippen LogP contribution is -2.05. The van der Waals surface area contributed by atoms with Crippen molar-refractivity contribution < 1.29 is 13.9 Å². The van der Waals surface area contributed by atoms with Gasteiger partial charge >= 0.3 is 5.97 Å². The highest BCUT2D eigenvalue weighted by atomic mass is 35.5. The Morgan fingerprint density at radius 1 is 1.25 bits per heavy atom. The standard InChI is InChI=1S/C15H13ClFNO2/c1-20-15(19)10-2-3-11(14(17)8-10)9-18-13-6-4-12(16)5-7-13/h2-8,18H,9H2,1H3. The van der Waals surface area contributed by atoms with Crippen molar-refractivity contribution >= 4 is 23.3 Å². The Kier molecular flexibility index (Phi) is 4.58. The van der Waals surface area contributed by atoms with Gasteiger partial charge in [-0.1, -0.05) is 17.7 Å². The molecule has 2 aromatic carbocycles. The Morgan fingerprint density at radius 3 is 2.55 bits per heavy atom. The van der Waals surface area contributed by atoms with Crippen LogP contribution in [0.5, 0.6) is 0 Å². The fourth-order valence-electron chi connectivity index (χ4n) is 1.70. The highest BCUT2D eigenvalue weighted by Crippen LogP contribution is 2.16. The van der Waals surface area contributed by atoms with Gasteiger partial charge in [0, 0.05) is 22.8 Å². The monoisotopic (exact) mass is 293 g/mol. The van der Waals surface area contributed by atoms with E-state index >= 15 is 0 Å². The summed E-state index contributed by atoms with van der Waals surface area (Å²) in [5.74, 6) is -1.00. The number of benzene rings is 2. The number of halogens is 2. The third kappa shape index (κ3) is 3.48. The van der Waals surface area contributed by atoms with Gasteiger partial charge in [0.25, 0.3) is 0 Å². The van der Waals surface area contributed by atoms with E-state index in [1.165, 1.54) is 19.2 Å². The molecule has 0 heterocycles. The highest BCUT2D eigenvalue weighted by Gasteiger charge is 2.09. The zero-order valence-corrected chi connectivity index (χ0v) is 11.6. The van der Waals surface area contributed by atoms with Gasteiger partial charge in [0.15, 0.2) is 0 Å². The molecule has 0 aromatic heterocycles. The maximum atomic E-state index is 13.8. The fourth-order valence-corrected chi connectivity index (χ4v) is 1.83. The third-order valence-corrected chi connectivity index (χ3v) is 3.05. The zero-order chi connectivity index (χ0) is 14.5. The van der Waals surface area contributed by atoms with Crippen LogP contribution in [0.3, 0.4) is 0 Å². The van der Waals surface area contributed by atoms with E-state index in [9.17, 15) is 9.18 Å². The Bertz CT molecular complexity index is 614. The lowest BCUT2D eigenvalue weighted by atomic mass is 10.1. The molecular formula is C15H13ClFNO2. The van der Waals surface area contributed by atoms with E-state index in [4.69, 9.17) is 11.6 Å². The predicted octanol–water partition coefficient (Wildman–Crippen LogP) is 3.88. The van der Waals surface area contributed by atoms with E-state index in [0.717, 1.165) is 5.69 Å². The molecule has 0 saturated carbocycles. The van der Waals surface area contributed by atoms with E-state index in [2.05, 4.69) is 10.1 Å². The first-order valence-corrected chi connectivity index (χ1v) is 6.34. The van der Waals surface area contributed by atoms with Gasteiger partial charge in [0.2, 0.25) is 0 Å². The highest BCUT2D eigenvalue weighted by molar-refractivity contribution is 6.30. The molecule has 3 nitrogen and oxygen atoms in total. The Morgan fingerprint density at radius 2 is 1.95 bits per heavy atom. The molecule has 0 aliphatic rings. The first-order chi connectivity index (χ1) is 9.60. The molecule has 0 aliphatic heterocycles. The summed E-state index contributed by atoms with van der Waals surface area (Å²) in [7, 11) is 1.26. The van der Waals surface area contributed by atoms with Crippen LogP contribution in [-0.2, 0) is 11.3 Å². The minimum Gasteiger partial charge on any atom is -0.465 e. The van der Waals surface area contributed by atoms with E-state index in [-0.39, 0.29) is 5.56 Å². The fraction of sp³-hybridized carbons (Fsp3) is 0.133. The number of hydrogen-bond acceptors (Lipinski definition) is 3. The molecule has 0 unspecified atom stereocenters. The summed E-state index contributed by atoms with van der Waals surface area (Å²) in [4.78, 5) is 11.3. The maximum Gasteiger partial charge on any atom is 0.337 e. The number of esters is 1. The second-order valence-electron chi connectivity index (χ2n) is 4.16. The molecule has 20 heavy (non-hydrogen) atoms. The number of nitrogens with one attached hydrogen (secondary N) is 1. The molecule has 0 bridgehead atoms. The van der Waals surface area contributed by atoms with Crippen molar-refractivity contribution in [3.63, 3.8) is 0 Å². The molecule has 5 heteroatoms. The van der Waals surface area contributed by atoms with Crippen LogP contribution in [0.25, 0.3) is 0 Å². The molecule has 0 aliphatic carbocycles. The average Bonchev–Trinajstić information content (AvgIpc) is 2.46. The van der Waals surface area contributed by atoms with Crippen LogP contribution in [0.1, 0.15) is 15.9 Å². The van der Waals surface area contributed by atoms with Crippen molar-refractivity contribution in [3.8, 4) is 0 Å². The molecule has 0 fully saturated rings. The molecule has 0 amide bonds. The molecule has 1 N–H and O–H groups in total. The molecular weight excluding hydrogens is 281 g/mol. The van der Waals surface area contributed by atoms with Gasteiger partial charge in [-0.15, -0.1) is 0 Å². The topological polar surface area (TPSA) is 38.3 Å². The normalized spacial score (nSPS) is 10.2. The van der Waals surface area contributed by atoms with Crippen LogP contribution in [-0.4, -0.2) is 13.1 Å². The van der Waals surface area contributed by atoms with Crippen LogP contribution in [0.4, 0.5) is 10.1 Å². The first kappa shape index (κ1) is 14.3. The van der Waals surface area contributed by atoms with E-state index in [1.54, 1.807) is 18.2 Å². The SMILES string of the molecule is COC(=O)c1ccc(CNc2ccc(Cl)cc2)c(F)c1. The maximum absolute atomic E-state index is 13.8.